The molecule has 1 atom stereocenters. The summed E-state index contributed by atoms with van der Waals surface area (Å²) in [5.74, 6) is 0. The zero-order valence-corrected chi connectivity index (χ0v) is 11.8. The first kappa shape index (κ1) is 14.9. The van der Waals surface area contributed by atoms with E-state index in [-0.39, 0.29) is 0 Å². The van der Waals surface area contributed by atoms with E-state index in [9.17, 15) is 5.11 Å². The normalized spacial score (nSPS) is 24.2. The molecule has 0 saturated carbocycles. The molecule has 0 unspecified atom stereocenters. The van der Waals surface area contributed by atoms with Gasteiger partial charge < -0.3 is 14.7 Å². The molecule has 17 heavy (non-hydrogen) atoms. The molecule has 0 spiro atoms. The average molecular weight is 244 g/mol. The van der Waals surface area contributed by atoms with Crippen LogP contribution in [0.25, 0.3) is 0 Å². The van der Waals surface area contributed by atoms with Crippen molar-refractivity contribution in [2.45, 2.75) is 38.8 Å². The number of ether oxygens (including phenoxy) is 1. The van der Waals surface area contributed by atoms with Gasteiger partial charge in [0.15, 0.2) is 0 Å². The van der Waals surface area contributed by atoms with Crippen molar-refractivity contribution in [2.24, 2.45) is 0 Å². The summed E-state index contributed by atoms with van der Waals surface area (Å²) >= 11 is 0. The highest BCUT2D eigenvalue weighted by Gasteiger charge is 2.27. The Morgan fingerprint density at radius 2 is 2.06 bits per heavy atom. The molecule has 0 aliphatic carbocycles. The minimum absolute atomic E-state index is 0.526. The average Bonchev–Trinajstić information content (AvgIpc) is 2.21. The Kier molecular flexibility index (Phi) is 5.86. The predicted octanol–water partition coefficient (Wildman–Crippen LogP) is 0.800. The van der Waals surface area contributed by atoms with E-state index in [2.05, 4.69) is 16.7 Å². The number of piperazine rings is 1. The molecule has 1 heterocycles. The van der Waals surface area contributed by atoms with E-state index in [1.54, 1.807) is 7.11 Å². The van der Waals surface area contributed by atoms with Gasteiger partial charge in [0.05, 0.1) is 5.60 Å². The Morgan fingerprint density at radius 1 is 1.35 bits per heavy atom. The minimum atomic E-state index is -0.591. The van der Waals surface area contributed by atoms with Crippen molar-refractivity contribution in [3.05, 3.63) is 0 Å². The summed E-state index contributed by atoms with van der Waals surface area (Å²) in [4.78, 5) is 4.87. The van der Waals surface area contributed by atoms with Gasteiger partial charge in [-0.3, -0.25) is 4.90 Å². The van der Waals surface area contributed by atoms with Crippen LogP contribution in [0.1, 0.15) is 27.2 Å². The third-order valence-electron chi connectivity index (χ3n) is 3.26. The molecule has 1 rings (SSSR count). The first-order valence-electron chi connectivity index (χ1n) is 6.60. The largest absolute Gasteiger partial charge is 0.389 e. The highest BCUT2D eigenvalue weighted by Crippen LogP contribution is 2.14. The third-order valence-corrected chi connectivity index (χ3v) is 3.26. The van der Waals surface area contributed by atoms with Crippen molar-refractivity contribution in [2.75, 3.05) is 46.4 Å². The molecule has 0 aromatic rings. The van der Waals surface area contributed by atoms with Gasteiger partial charge in [0, 0.05) is 52.5 Å². The zero-order valence-electron chi connectivity index (χ0n) is 11.8. The van der Waals surface area contributed by atoms with Gasteiger partial charge >= 0.3 is 0 Å². The van der Waals surface area contributed by atoms with E-state index in [0.29, 0.717) is 6.04 Å². The lowest BCUT2D eigenvalue weighted by Gasteiger charge is -2.42. The van der Waals surface area contributed by atoms with Crippen LogP contribution in [-0.4, -0.2) is 73.0 Å². The molecule has 1 aliphatic heterocycles. The fraction of sp³-hybridized carbons (Fsp3) is 1.00. The Labute approximate surface area is 106 Å². The van der Waals surface area contributed by atoms with Crippen LogP contribution in [0.3, 0.4) is 0 Å². The molecule has 1 aliphatic rings. The van der Waals surface area contributed by atoms with Gasteiger partial charge in [0.2, 0.25) is 0 Å². The van der Waals surface area contributed by atoms with Gasteiger partial charge in [-0.1, -0.05) is 0 Å². The molecule has 1 fully saturated rings. The molecule has 1 saturated heterocycles. The van der Waals surface area contributed by atoms with E-state index < -0.39 is 5.60 Å². The quantitative estimate of drug-likeness (QED) is 0.701. The number of β-amino-alcohol motifs (C(OH)–C–C–N with tert-alkyl or cyclic N) is 1. The summed E-state index contributed by atoms with van der Waals surface area (Å²) in [6.45, 7) is 12.0. The second kappa shape index (κ2) is 6.69. The van der Waals surface area contributed by atoms with Crippen LogP contribution in [0.2, 0.25) is 0 Å². The standard InChI is InChI=1S/C13H28N2O2/c1-12-10-14(6-5-9-17-4)7-8-15(12)11-13(2,3)16/h12,16H,5-11H2,1-4H3/t12-/m1/s1. The van der Waals surface area contributed by atoms with Crippen LogP contribution >= 0.6 is 0 Å². The predicted molar refractivity (Wildman–Crippen MR) is 70.3 cm³/mol. The number of nitrogens with zero attached hydrogens (tertiary/aromatic N) is 2. The van der Waals surface area contributed by atoms with Crippen molar-refractivity contribution in [1.29, 1.82) is 0 Å². The van der Waals surface area contributed by atoms with E-state index in [4.69, 9.17) is 4.74 Å². The summed E-state index contributed by atoms with van der Waals surface area (Å²) in [6, 6.07) is 0.526. The lowest BCUT2D eigenvalue weighted by atomic mass is 10.1. The fourth-order valence-corrected chi connectivity index (χ4v) is 2.44. The van der Waals surface area contributed by atoms with Crippen molar-refractivity contribution in [3.8, 4) is 0 Å². The minimum Gasteiger partial charge on any atom is -0.389 e. The number of methoxy groups -OCH3 is 1. The number of hydrogen-bond donors (Lipinski definition) is 1. The number of hydrogen-bond acceptors (Lipinski definition) is 4. The Bertz CT molecular complexity index is 216. The summed E-state index contributed by atoms with van der Waals surface area (Å²) in [6.07, 6.45) is 1.11. The smallest absolute Gasteiger partial charge is 0.0718 e. The van der Waals surface area contributed by atoms with Gasteiger partial charge in [-0.15, -0.1) is 0 Å². The van der Waals surface area contributed by atoms with E-state index >= 15 is 0 Å². The Balaban J connectivity index is 2.29. The highest BCUT2D eigenvalue weighted by molar-refractivity contribution is 4.83. The summed E-state index contributed by atoms with van der Waals surface area (Å²) in [5.41, 5.74) is -0.591. The van der Waals surface area contributed by atoms with Gasteiger partial charge in [0.1, 0.15) is 0 Å². The van der Waals surface area contributed by atoms with Crippen LogP contribution in [0, 0.1) is 0 Å². The second-order valence-corrected chi connectivity index (χ2v) is 5.78. The Morgan fingerprint density at radius 3 is 2.59 bits per heavy atom. The first-order chi connectivity index (χ1) is 7.92. The van der Waals surface area contributed by atoms with Crippen molar-refractivity contribution in [1.82, 2.24) is 9.80 Å². The van der Waals surface area contributed by atoms with Crippen LogP contribution in [-0.2, 0) is 4.74 Å². The molecule has 0 aromatic carbocycles. The summed E-state index contributed by atoms with van der Waals surface area (Å²) in [5, 5.41) is 9.86. The van der Waals surface area contributed by atoms with Crippen molar-refractivity contribution >= 4 is 0 Å². The SMILES string of the molecule is COCCCN1CCN(CC(C)(C)O)[C@H](C)C1. The van der Waals surface area contributed by atoms with Crippen molar-refractivity contribution in [3.63, 3.8) is 0 Å². The number of rotatable bonds is 6. The maximum absolute atomic E-state index is 9.86. The molecule has 0 aromatic heterocycles. The molecular weight excluding hydrogens is 216 g/mol. The van der Waals surface area contributed by atoms with Gasteiger partial charge in [-0.05, 0) is 27.2 Å². The lowest BCUT2D eigenvalue weighted by molar-refractivity contribution is -0.00461. The monoisotopic (exact) mass is 244 g/mol. The summed E-state index contributed by atoms with van der Waals surface area (Å²) in [7, 11) is 1.75. The van der Waals surface area contributed by atoms with Crippen LogP contribution in [0.5, 0.6) is 0 Å². The maximum atomic E-state index is 9.86. The van der Waals surface area contributed by atoms with E-state index in [0.717, 1.165) is 45.8 Å². The zero-order chi connectivity index (χ0) is 12.9. The van der Waals surface area contributed by atoms with E-state index in [1.807, 2.05) is 13.8 Å². The third kappa shape index (κ3) is 5.82. The van der Waals surface area contributed by atoms with Gasteiger partial charge in [0.25, 0.3) is 0 Å². The molecule has 0 radical (unpaired) electrons. The van der Waals surface area contributed by atoms with Crippen molar-refractivity contribution < 1.29 is 9.84 Å². The fourth-order valence-electron chi connectivity index (χ4n) is 2.44. The molecule has 0 bridgehead atoms. The molecule has 102 valence electrons. The first-order valence-corrected chi connectivity index (χ1v) is 6.60. The van der Waals surface area contributed by atoms with Crippen LogP contribution < -0.4 is 0 Å². The van der Waals surface area contributed by atoms with Crippen LogP contribution in [0.4, 0.5) is 0 Å². The second-order valence-electron chi connectivity index (χ2n) is 5.78. The summed E-state index contributed by atoms with van der Waals surface area (Å²) < 4.78 is 5.08. The molecule has 4 heteroatoms. The molecule has 0 amide bonds. The van der Waals surface area contributed by atoms with Crippen LogP contribution in [0.15, 0.2) is 0 Å². The number of aliphatic hydroxyl groups is 1. The lowest BCUT2D eigenvalue weighted by Crippen LogP contribution is -2.55. The topological polar surface area (TPSA) is 35.9 Å². The molecular formula is C13H28N2O2. The molecule has 4 nitrogen and oxygen atoms in total. The van der Waals surface area contributed by atoms with Gasteiger partial charge in [-0.2, -0.15) is 0 Å². The maximum Gasteiger partial charge on any atom is 0.0718 e. The van der Waals surface area contributed by atoms with E-state index in [1.165, 1.54) is 0 Å². The van der Waals surface area contributed by atoms with Gasteiger partial charge in [-0.25, -0.2) is 0 Å². The Hall–Kier alpha value is -0.160. The highest BCUT2D eigenvalue weighted by atomic mass is 16.5. The molecule has 1 N–H and O–H groups in total.